The third kappa shape index (κ3) is 3.75. The molecular weight excluding hydrogens is 288 g/mol. The lowest BCUT2D eigenvalue weighted by atomic mass is 10.2. The van der Waals surface area contributed by atoms with Crippen LogP contribution >= 0.6 is 11.3 Å². The molecule has 0 aliphatic heterocycles. The van der Waals surface area contributed by atoms with Gasteiger partial charge >= 0.3 is 6.03 Å². The zero-order chi connectivity index (χ0) is 15.4. The molecule has 1 aromatic heterocycles. The molecule has 2 rings (SSSR count). The van der Waals surface area contributed by atoms with E-state index in [2.05, 4.69) is 17.2 Å². The van der Waals surface area contributed by atoms with Gasteiger partial charge < -0.3 is 17.2 Å². The van der Waals surface area contributed by atoms with Gasteiger partial charge in [0.15, 0.2) is 0 Å². The summed E-state index contributed by atoms with van der Waals surface area (Å²) in [5.74, 6) is 5.15. The first-order valence-corrected chi connectivity index (χ1v) is 6.65. The van der Waals surface area contributed by atoms with Crippen molar-refractivity contribution < 1.29 is 9.59 Å². The third-order valence-electron chi connectivity index (χ3n) is 2.45. The van der Waals surface area contributed by atoms with Crippen molar-refractivity contribution in [3.8, 4) is 11.8 Å². The van der Waals surface area contributed by atoms with Crippen LogP contribution < -0.4 is 22.5 Å². The number of carbonyl (C=O) groups is 2. The van der Waals surface area contributed by atoms with Crippen molar-refractivity contribution in [1.29, 1.82) is 0 Å². The lowest BCUT2D eigenvalue weighted by Crippen LogP contribution is -2.21. The lowest BCUT2D eigenvalue weighted by molar-refractivity contribution is 0.100. The number of rotatable bonds is 2. The van der Waals surface area contributed by atoms with Gasteiger partial charge in [-0.1, -0.05) is 17.9 Å². The highest BCUT2D eigenvalue weighted by molar-refractivity contribution is 7.17. The van der Waals surface area contributed by atoms with Crippen molar-refractivity contribution >= 4 is 34.0 Å². The van der Waals surface area contributed by atoms with Gasteiger partial charge in [0.2, 0.25) is 0 Å². The zero-order valence-electron chi connectivity index (χ0n) is 10.8. The van der Waals surface area contributed by atoms with E-state index in [1.54, 1.807) is 18.2 Å². The normalized spacial score (nSPS) is 9.52. The first-order valence-electron chi connectivity index (χ1n) is 5.83. The summed E-state index contributed by atoms with van der Waals surface area (Å²) in [6, 6.07) is 7.85. The number of benzene rings is 1. The number of carbonyl (C=O) groups excluding carboxylic acids is 2. The monoisotopic (exact) mass is 300 g/mol. The Morgan fingerprint density at radius 1 is 1.14 bits per heavy atom. The average molecular weight is 300 g/mol. The topological polar surface area (TPSA) is 124 Å². The van der Waals surface area contributed by atoms with Crippen molar-refractivity contribution in [3.63, 3.8) is 0 Å². The maximum Gasteiger partial charge on any atom is 0.317 e. The van der Waals surface area contributed by atoms with Gasteiger partial charge in [0.05, 0.1) is 10.4 Å². The zero-order valence-corrected chi connectivity index (χ0v) is 11.7. The number of nitrogens with one attached hydrogen (secondary N) is 1. The minimum Gasteiger partial charge on any atom is -0.399 e. The summed E-state index contributed by atoms with van der Waals surface area (Å²) in [6.07, 6.45) is 0. The molecule has 1 heterocycles. The summed E-state index contributed by atoms with van der Waals surface area (Å²) in [7, 11) is 0. The maximum atomic E-state index is 11.3. The summed E-state index contributed by atoms with van der Waals surface area (Å²) in [4.78, 5) is 22.8. The second kappa shape index (κ2) is 5.98. The molecule has 106 valence electrons. The molecule has 3 amide bonds. The van der Waals surface area contributed by atoms with Crippen LogP contribution in [0.3, 0.4) is 0 Å². The molecule has 0 atom stereocenters. The number of primary amides is 2. The summed E-state index contributed by atoms with van der Waals surface area (Å²) in [5, 5.41) is 2.64. The Kier molecular flexibility index (Phi) is 4.11. The molecule has 6 nitrogen and oxygen atoms in total. The summed E-state index contributed by atoms with van der Waals surface area (Å²) in [6.45, 7) is 0. The van der Waals surface area contributed by atoms with Gasteiger partial charge in [-0.2, -0.15) is 0 Å². The minimum absolute atomic E-state index is 0.177. The fraction of sp³-hybridized carbons (Fsp3) is 0. The fourth-order valence-corrected chi connectivity index (χ4v) is 2.51. The number of nitrogens with two attached hydrogens (primary N) is 3. The molecule has 7 heteroatoms. The molecular formula is C14H12N4O2S. The van der Waals surface area contributed by atoms with Crippen LogP contribution in [0.2, 0.25) is 0 Å². The Morgan fingerprint density at radius 3 is 2.52 bits per heavy atom. The number of urea groups is 1. The van der Waals surface area contributed by atoms with Crippen molar-refractivity contribution in [2.75, 3.05) is 11.1 Å². The van der Waals surface area contributed by atoms with E-state index in [1.165, 1.54) is 6.07 Å². The van der Waals surface area contributed by atoms with Crippen molar-refractivity contribution in [2.45, 2.75) is 0 Å². The number of amides is 3. The quantitative estimate of drug-likeness (QED) is 0.493. The summed E-state index contributed by atoms with van der Waals surface area (Å²) < 4.78 is 0. The predicted molar refractivity (Wildman–Crippen MR) is 82.9 cm³/mol. The molecule has 0 saturated heterocycles. The molecule has 0 fully saturated rings. The van der Waals surface area contributed by atoms with Crippen LogP contribution in [-0.4, -0.2) is 11.9 Å². The minimum atomic E-state index is -0.769. The Bertz CT molecular complexity index is 771. The standard InChI is InChI=1S/C14H12N4O2S/c15-9-3-1-2-8(6-9)4-5-10-7-11(12(16)19)13(21-10)18-14(17)20/h1-3,6-7H,15H2,(H2,16,19)(H3,17,18,20). The van der Waals surface area contributed by atoms with Crippen molar-refractivity contribution in [3.05, 3.63) is 46.3 Å². The number of anilines is 2. The number of thiophene rings is 1. The van der Waals surface area contributed by atoms with E-state index in [9.17, 15) is 9.59 Å². The smallest absolute Gasteiger partial charge is 0.317 e. The van der Waals surface area contributed by atoms with Crippen molar-refractivity contribution in [2.24, 2.45) is 11.5 Å². The van der Waals surface area contributed by atoms with Gasteiger partial charge in [0.1, 0.15) is 5.00 Å². The van der Waals surface area contributed by atoms with Gasteiger partial charge in [0, 0.05) is 11.3 Å². The number of hydrogen-bond donors (Lipinski definition) is 4. The first kappa shape index (κ1) is 14.4. The second-order valence-electron chi connectivity index (χ2n) is 4.08. The SMILES string of the molecule is NC(=O)Nc1sc(C#Cc2cccc(N)c2)cc1C(N)=O. The van der Waals surface area contributed by atoms with Crippen LogP contribution in [0.5, 0.6) is 0 Å². The molecule has 0 spiro atoms. The second-order valence-corrected chi connectivity index (χ2v) is 5.13. The van der Waals surface area contributed by atoms with Crippen LogP contribution in [0.1, 0.15) is 20.8 Å². The van der Waals surface area contributed by atoms with Crippen LogP contribution in [0, 0.1) is 11.8 Å². The van der Waals surface area contributed by atoms with E-state index in [1.807, 2.05) is 6.07 Å². The first-order chi connectivity index (χ1) is 9.95. The van der Waals surface area contributed by atoms with E-state index in [0.29, 0.717) is 10.6 Å². The largest absolute Gasteiger partial charge is 0.399 e. The highest BCUT2D eigenvalue weighted by atomic mass is 32.1. The molecule has 1 aromatic carbocycles. The third-order valence-corrected chi connectivity index (χ3v) is 3.42. The average Bonchev–Trinajstić information content (AvgIpc) is 2.79. The van der Waals surface area contributed by atoms with E-state index in [0.717, 1.165) is 16.9 Å². The van der Waals surface area contributed by atoms with Crippen LogP contribution in [0.25, 0.3) is 0 Å². The van der Waals surface area contributed by atoms with E-state index in [4.69, 9.17) is 17.2 Å². The van der Waals surface area contributed by atoms with E-state index < -0.39 is 11.9 Å². The molecule has 0 saturated carbocycles. The molecule has 7 N–H and O–H groups in total. The summed E-state index contributed by atoms with van der Waals surface area (Å²) >= 11 is 1.12. The Balaban J connectivity index is 2.33. The van der Waals surface area contributed by atoms with Gasteiger partial charge in [-0.05, 0) is 24.3 Å². The lowest BCUT2D eigenvalue weighted by Gasteiger charge is -1.98. The Morgan fingerprint density at radius 2 is 1.90 bits per heavy atom. The molecule has 21 heavy (non-hydrogen) atoms. The van der Waals surface area contributed by atoms with Crippen LogP contribution in [0.15, 0.2) is 30.3 Å². The number of nitrogen functional groups attached to an aromatic ring is 1. The summed E-state index contributed by atoms with van der Waals surface area (Å²) in [5.41, 5.74) is 17.5. The molecule has 0 unspecified atom stereocenters. The molecule has 0 radical (unpaired) electrons. The molecule has 0 bridgehead atoms. The van der Waals surface area contributed by atoms with Crippen molar-refractivity contribution in [1.82, 2.24) is 0 Å². The molecule has 2 aromatic rings. The molecule has 0 aliphatic carbocycles. The van der Waals surface area contributed by atoms with Crippen LogP contribution in [0.4, 0.5) is 15.5 Å². The molecule has 0 aliphatic rings. The maximum absolute atomic E-state index is 11.3. The highest BCUT2D eigenvalue weighted by Crippen LogP contribution is 2.27. The van der Waals surface area contributed by atoms with Gasteiger partial charge in [-0.25, -0.2) is 4.79 Å². The van der Waals surface area contributed by atoms with E-state index >= 15 is 0 Å². The van der Waals surface area contributed by atoms with Gasteiger partial charge in [-0.3, -0.25) is 10.1 Å². The number of hydrogen-bond acceptors (Lipinski definition) is 4. The Labute approximate surface area is 124 Å². The Hall–Kier alpha value is -2.98. The highest BCUT2D eigenvalue weighted by Gasteiger charge is 2.14. The fourth-order valence-electron chi connectivity index (χ4n) is 1.59. The predicted octanol–water partition coefficient (Wildman–Crippen LogP) is 1.32. The van der Waals surface area contributed by atoms with Gasteiger partial charge in [0.25, 0.3) is 5.91 Å². The van der Waals surface area contributed by atoms with Crippen LogP contribution in [-0.2, 0) is 0 Å². The van der Waals surface area contributed by atoms with Gasteiger partial charge in [-0.15, -0.1) is 11.3 Å². The van der Waals surface area contributed by atoms with E-state index in [-0.39, 0.29) is 10.6 Å².